The Bertz CT molecular complexity index is 730. The average molecular weight is 373 g/mol. The number of fused-ring (bicyclic) bond motifs is 1. The first-order valence-corrected chi connectivity index (χ1v) is 9.80. The van der Waals surface area contributed by atoms with Crippen LogP contribution in [0, 0.1) is 11.3 Å². The summed E-state index contributed by atoms with van der Waals surface area (Å²) in [5.74, 6) is 0.382. The molecule has 0 radical (unpaired) electrons. The summed E-state index contributed by atoms with van der Waals surface area (Å²) in [5.41, 5.74) is 3.22. The molecule has 3 N–H and O–H groups in total. The normalized spacial score (nSPS) is 24.0. The maximum absolute atomic E-state index is 13.2. The Morgan fingerprint density at radius 1 is 1.26 bits per heavy atom. The van der Waals surface area contributed by atoms with Crippen LogP contribution in [0.3, 0.4) is 0 Å². The second-order valence-electron chi connectivity index (χ2n) is 8.06. The van der Waals surface area contributed by atoms with Gasteiger partial charge in [-0.05, 0) is 62.7 Å². The molecule has 2 fully saturated rings. The van der Waals surface area contributed by atoms with E-state index in [2.05, 4.69) is 5.32 Å². The summed E-state index contributed by atoms with van der Waals surface area (Å²) in [4.78, 5) is 26.7. The van der Waals surface area contributed by atoms with Crippen LogP contribution in [-0.2, 0) is 11.3 Å². The third-order valence-electron chi connectivity index (χ3n) is 6.44. The van der Waals surface area contributed by atoms with Crippen molar-refractivity contribution < 1.29 is 19.5 Å². The molecule has 0 aromatic heterocycles. The third-order valence-corrected chi connectivity index (χ3v) is 6.44. The van der Waals surface area contributed by atoms with Crippen LogP contribution in [0.5, 0.6) is 5.75 Å². The Hall–Kier alpha value is -2.12. The number of carbonyl (C=O) groups excluding carboxylic acids is 2. The Kier molecular flexibility index (Phi) is 5.06. The number of ether oxygens (including phenoxy) is 1. The first kappa shape index (κ1) is 18.3. The lowest BCUT2D eigenvalue weighted by Crippen LogP contribution is -2.38. The van der Waals surface area contributed by atoms with Crippen molar-refractivity contribution in [2.24, 2.45) is 11.3 Å². The summed E-state index contributed by atoms with van der Waals surface area (Å²) >= 11 is 0. The first-order chi connectivity index (χ1) is 13.1. The molecule has 2 amide bonds. The predicted molar refractivity (Wildman–Crippen MR) is 98.5 cm³/mol. The molecule has 7 nitrogen and oxygen atoms in total. The summed E-state index contributed by atoms with van der Waals surface area (Å²) in [6, 6.07) is 5.06. The van der Waals surface area contributed by atoms with Crippen LogP contribution in [0.1, 0.15) is 48.0 Å². The largest absolute Gasteiger partial charge is 0.491 e. The van der Waals surface area contributed by atoms with Gasteiger partial charge in [0.15, 0.2) is 0 Å². The number of piperidine rings is 1. The number of carbonyl (C=O) groups is 2. The van der Waals surface area contributed by atoms with Gasteiger partial charge in [-0.2, -0.15) is 0 Å². The third kappa shape index (κ3) is 3.66. The SMILES string of the molecule is O=C(NO)c1ccc2c(c1)OCCN(C(=O)C1CCC3(CCNCC3)C1)C2. The Labute approximate surface area is 159 Å². The monoisotopic (exact) mass is 373 g/mol. The van der Waals surface area contributed by atoms with E-state index >= 15 is 0 Å². The van der Waals surface area contributed by atoms with Crippen molar-refractivity contribution in [1.82, 2.24) is 15.7 Å². The smallest absolute Gasteiger partial charge is 0.274 e. The molecule has 0 bridgehead atoms. The first-order valence-electron chi connectivity index (χ1n) is 9.80. The molecule has 1 unspecified atom stereocenters. The Morgan fingerprint density at radius 3 is 2.85 bits per heavy atom. The lowest BCUT2D eigenvalue weighted by Gasteiger charge is -2.34. The maximum Gasteiger partial charge on any atom is 0.274 e. The fraction of sp³-hybridized carbons (Fsp3) is 0.600. The number of amides is 2. The molecule has 7 heteroatoms. The topological polar surface area (TPSA) is 90.9 Å². The van der Waals surface area contributed by atoms with Gasteiger partial charge in [0.05, 0.1) is 6.54 Å². The fourth-order valence-corrected chi connectivity index (χ4v) is 4.85. The molecule has 1 spiro atoms. The van der Waals surface area contributed by atoms with Crippen molar-refractivity contribution in [3.05, 3.63) is 29.3 Å². The number of nitrogens with one attached hydrogen (secondary N) is 2. The van der Waals surface area contributed by atoms with Gasteiger partial charge in [-0.25, -0.2) is 5.48 Å². The van der Waals surface area contributed by atoms with E-state index in [1.807, 2.05) is 4.90 Å². The highest BCUT2D eigenvalue weighted by Gasteiger charge is 2.43. The van der Waals surface area contributed by atoms with Crippen LogP contribution in [0.25, 0.3) is 0 Å². The minimum Gasteiger partial charge on any atom is -0.491 e. The zero-order valence-electron chi connectivity index (χ0n) is 15.5. The van der Waals surface area contributed by atoms with Crippen LogP contribution in [0.4, 0.5) is 0 Å². The van der Waals surface area contributed by atoms with Gasteiger partial charge in [0.2, 0.25) is 5.91 Å². The zero-order chi connectivity index (χ0) is 18.9. The van der Waals surface area contributed by atoms with Gasteiger partial charge < -0.3 is 15.0 Å². The lowest BCUT2D eigenvalue weighted by molar-refractivity contribution is -0.136. The molecule has 1 saturated carbocycles. The molecule has 1 atom stereocenters. The number of hydroxylamine groups is 1. The van der Waals surface area contributed by atoms with Crippen LogP contribution >= 0.6 is 0 Å². The van der Waals surface area contributed by atoms with Gasteiger partial charge in [-0.1, -0.05) is 6.07 Å². The number of benzene rings is 1. The molecular weight excluding hydrogens is 346 g/mol. The van der Waals surface area contributed by atoms with Crippen molar-refractivity contribution >= 4 is 11.8 Å². The van der Waals surface area contributed by atoms with Gasteiger partial charge in [0, 0.05) is 23.6 Å². The summed E-state index contributed by atoms with van der Waals surface area (Å²) in [5, 5.41) is 12.2. The van der Waals surface area contributed by atoms with E-state index in [4.69, 9.17) is 9.94 Å². The fourth-order valence-electron chi connectivity index (χ4n) is 4.85. The Balaban J connectivity index is 1.45. The molecule has 2 aliphatic heterocycles. The summed E-state index contributed by atoms with van der Waals surface area (Å²) in [7, 11) is 0. The van der Waals surface area contributed by atoms with Crippen molar-refractivity contribution in [2.75, 3.05) is 26.2 Å². The number of rotatable bonds is 2. The van der Waals surface area contributed by atoms with Crippen molar-refractivity contribution in [1.29, 1.82) is 0 Å². The molecule has 1 saturated heterocycles. The standard InChI is InChI=1S/C20H27N3O4/c24-18(22-26)14-1-2-16-13-23(9-10-27-17(16)11-14)19(25)15-3-4-20(12-15)5-7-21-8-6-20/h1-2,11,15,21,26H,3-10,12-13H2,(H,22,24). The molecule has 1 aromatic rings. The van der Waals surface area contributed by atoms with Crippen LogP contribution in [-0.4, -0.2) is 48.2 Å². The van der Waals surface area contributed by atoms with E-state index in [0.29, 0.717) is 36.4 Å². The summed E-state index contributed by atoms with van der Waals surface area (Å²) in [6.07, 6.45) is 5.51. The van der Waals surface area contributed by atoms with Crippen molar-refractivity contribution in [3.8, 4) is 5.75 Å². The Morgan fingerprint density at radius 2 is 2.07 bits per heavy atom. The average Bonchev–Trinajstić information content (AvgIpc) is 2.97. The highest BCUT2D eigenvalue weighted by atomic mass is 16.5. The minimum absolute atomic E-state index is 0.115. The molecule has 146 valence electrons. The quantitative estimate of drug-likeness (QED) is 0.542. The van der Waals surface area contributed by atoms with Crippen LogP contribution in [0.2, 0.25) is 0 Å². The maximum atomic E-state index is 13.2. The van der Waals surface area contributed by atoms with E-state index in [9.17, 15) is 9.59 Å². The number of hydrogen-bond acceptors (Lipinski definition) is 5. The highest BCUT2D eigenvalue weighted by Crippen LogP contribution is 2.48. The van der Waals surface area contributed by atoms with Crippen LogP contribution in [0.15, 0.2) is 18.2 Å². The van der Waals surface area contributed by atoms with E-state index in [1.165, 1.54) is 12.8 Å². The van der Waals surface area contributed by atoms with Gasteiger partial charge in [0.1, 0.15) is 12.4 Å². The minimum atomic E-state index is -0.572. The molecule has 1 aliphatic carbocycles. The van der Waals surface area contributed by atoms with Gasteiger partial charge >= 0.3 is 0 Å². The molecule has 2 heterocycles. The molecule has 3 aliphatic rings. The van der Waals surface area contributed by atoms with E-state index in [1.54, 1.807) is 23.7 Å². The van der Waals surface area contributed by atoms with Gasteiger partial charge in [-0.15, -0.1) is 0 Å². The summed E-state index contributed by atoms with van der Waals surface area (Å²) < 4.78 is 5.77. The van der Waals surface area contributed by atoms with Crippen molar-refractivity contribution in [3.63, 3.8) is 0 Å². The van der Waals surface area contributed by atoms with E-state index < -0.39 is 5.91 Å². The van der Waals surface area contributed by atoms with E-state index in [-0.39, 0.29) is 11.8 Å². The molecular formula is C20H27N3O4. The molecule has 1 aromatic carbocycles. The molecule has 4 rings (SSSR count). The second kappa shape index (κ2) is 7.48. The molecule has 27 heavy (non-hydrogen) atoms. The number of hydrogen-bond donors (Lipinski definition) is 3. The van der Waals surface area contributed by atoms with Gasteiger partial charge in [-0.3, -0.25) is 14.8 Å². The number of nitrogens with zero attached hydrogens (tertiary/aromatic N) is 1. The van der Waals surface area contributed by atoms with Crippen molar-refractivity contribution in [2.45, 2.75) is 38.6 Å². The predicted octanol–water partition coefficient (Wildman–Crippen LogP) is 1.70. The highest BCUT2D eigenvalue weighted by molar-refractivity contribution is 5.93. The summed E-state index contributed by atoms with van der Waals surface area (Å²) in [6.45, 7) is 3.59. The zero-order valence-corrected chi connectivity index (χ0v) is 15.5. The van der Waals surface area contributed by atoms with Crippen LogP contribution < -0.4 is 15.5 Å². The lowest BCUT2D eigenvalue weighted by atomic mass is 9.77. The van der Waals surface area contributed by atoms with E-state index in [0.717, 1.165) is 37.9 Å². The van der Waals surface area contributed by atoms with Gasteiger partial charge in [0.25, 0.3) is 5.91 Å². The second-order valence-corrected chi connectivity index (χ2v) is 8.06.